The Morgan fingerprint density at radius 1 is 1.19 bits per heavy atom. The quantitative estimate of drug-likeness (QED) is 0.847. The molecule has 2 unspecified atom stereocenters. The predicted molar refractivity (Wildman–Crippen MR) is 70.4 cm³/mol. The van der Waals surface area contributed by atoms with Gasteiger partial charge in [0.05, 0.1) is 18.8 Å². The van der Waals surface area contributed by atoms with Crippen LogP contribution in [0.2, 0.25) is 0 Å². The maximum Gasteiger partial charge on any atom is 0.194 e. The van der Waals surface area contributed by atoms with Crippen molar-refractivity contribution in [1.29, 1.82) is 0 Å². The van der Waals surface area contributed by atoms with E-state index in [2.05, 4.69) is 4.90 Å². The van der Waals surface area contributed by atoms with Crippen molar-refractivity contribution < 1.29 is 23.0 Å². The SMILES string of the molecule is CN1C2COCC1CC(O)(Cc1cc(F)c(F)c(F)c1)C2. The highest BCUT2D eigenvalue weighted by atomic mass is 19.2. The van der Waals surface area contributed by atoms with Gasteiger partial charge in [0.25, 0.3) is 0 Å². The lowest BCUT2D eigenvalue weighted by molar-refractivity contribution is -0.133. The number of piperidine rings is 1. The maximum absolute atomic E-state index is 13.3. The summed E-state index contributed by atoms with van der Waals surface area (Å²) in [5.41, 5.74) is -0.764. The minimum absolute atomic E-state index is 0.0950. The maximum atomic E-state index is 13.3. The summed E-state index contributed by atoms with van der Waals surface area (Å²) in [7, 11) is 1.99. The summed E-state index contributed by atoms with van der Waals surface area (Å²) < 4.78 is 45.0. The zero-order valence-electron chi connectivity index (χ0n) is 11.8. The fourth-order valence-corrected chi connectivity index (χ4v) is 3.47. The monoisotopic (exact) mass is 301 g/mol. The highest BCUT2D eigenvalue weighted by molar-refractivity contribution is 5.22. The Morgan fingerprint density at radius 3 is 2.24 bits per heavy atom. The molecule has 0 radical (unpaired) electrons. The number of likely N-dealkylation sites (N-methyl/N-ethyl adjacent to an activating group) is 1. The summed E-state index contributed by atoms with van der Waals surface area (Å²) >= 11 is 0. The van der Waals surface area contributed by atoms with Gasteiger partial charge >= 0.3 is 0 Å². The first-order valence-corrected chi connectivity index (χ1v) is 7.03. The van der Waals surface area contributed by atoms with Gasteiger partial charge in [-0.25, -0.2) is 13.2 Å². The summed E-state index contributed by atoms with van der Waals surface area (Å²) in [6.45, 7) is 1.09. The average molecular weight is 301 g/mol. The average Bonchev–Trinajstić information content (AvgIpc) is 2.38. The van der Waals surface area contributed by atoms with Crippen molar-refractivity contribution in [2.45, 2.75) is 36.9 Å². The van der Waals surface area contributed by atoms with Crippen molar-refractivity contribution >= 4 is 0 Å². The van der Waals surface area contributed by atoms with E-state index in [0.29, 0.717) is 26.1 Å². The van der Waals surface area contributed by atoms with E-state index in [1.165, 1.54) is 0 Å². The first-order valence-electron chi connectivity index (χ1n) is 7.03. The van der Waals surface area contributed by atoms with E-state index in [1.807, 2.05) is 7.05 Å². The summed E-state index contributed by atoms with van der Waals surface area (Å²) in [5.74, 6) is -3.91. The molecular formula is C15H18F3NO2. The van der Waals surface area contributed by atoms with Gasteiger partial charge in [-0.15, -0.1) is 0 Å². The number of ether oxygens (including phenoxy) is 1. The Morgan fingerprint density at radius 2 is 1.71 bits per heavy atom. The Kier molecular flexibility index (Phi) is 3.71. The van der Waals surface area contributed by atoms with Crippen LogP contribution in [-0.4, -0.2) is 48.0 Å². The second-order valence-electron chi connectivity index (χ2n) is 6.19. The molecule has 3 nitrogen and oxygen atoms in total. The molecule has 2 aliphatic rings. The number of rotatable bonds is 2. The van der Waals surface area contributed by atoms with Crippen molar-refractivity contribution in [3.63, 3.8) is 0 Å². The van der Waals surface area contributed by atoms with E-state index in [1.54, 1.807) is 0 Å². The molecule has 0 aliphatic carbocycles. The van der Waals surface area contributed by atoms with Crippen molar-refractivity contribution in [2.75, 3.05) is 20.3 Å². The summed E-state index contributed by atoms with van der Waals surface area (Å²) in [6.07, 6.45) is 1.06. The second kappa shape index (κ2) is 5.26. The lowest BCUT2D eigenvalue weighted by Gasteiger charge is -2.50. The highest BCUT2D eigenvalue weighted by Gasteiger charge is 2.44. The van der Waals surface area contributed by atoms with Crippen LogP contribution in [0.3, 0.4) is 0 Å². The summed E-state index contributed by atoms with van der Waals surface area (Å²) in [6, 6.07) is 2.11. The number of hydrogen-bond acceptors (Lipinski definition) is 3. The van der Waals surface area contributed by atoms with E-state index in [-0.39, 0.29) is 24.1 Å². The summed E-state index contributed by atoms with van der Waals surface area (Å²) in [4.78, 5) is 2.18. The van der Waals surface area contributed by atoms with Crippen LogP contribution in [0.5, 0.6) is 0 Å². The smallest absolute Gasteiger partial charge is 0.194 e. The third-order valence-corrected chi connectivity index (χ3v) is 4.58. The zero-order valence-corrected chi connectivity index (χ0v) is 11.8. The van der Waals surface area contributed by atoms with Gasteiger partial charge < -0.3 is 9.84 Å². The first kappa shape index (κ1) is 14.8. The van der Waals surface area contributed by atoms with Gasteiger partial charge in [0, 0.05) is 18.5 Å². The Bertz CT molecular complexity index is 515. The lowest BCUT2D eigenvalue weighted by atomic mass is 9.78. The minimum atomic E-state index is -1.47. The van der Waals surface area contributed by atoms with E-state index < -0.39 is 23.1 Å². The molecule has 3 rings (SSSR count). The summed E-state index contributed by atoms with van der Waals surface area (Å²) in [5, 5.41) is 10.8. The number of hydrogen-bond donors (Lipinski definition) is 1. The molecule has 0 saturated carbocycles. The molecule has 1 N–H and O–H groups in total. The van der Waals surface area contributed by atoms with Crippen LogP contribution >= 0.6 is 0 Å². The van der Waals surface area contributed by atoms with Gasteiger partial charge in [-0.3, -0.25) is 4.90 Å². The van der Waals surface area contributed by atoms with Crippen molar-refractivity contribution in [3.05, 3.63) is 35.1 Å². The predicted octanol–water partition coefficient (Wildman–Crippen LogP) is 1.87. The van der Waals surface area contributed by atoms with Crippen LogP contribution in [0.15, 0.2) is 12.1 Å². The number of benzene rings is 1. The van der Waals surface area contributed by atoms with Crippen molar-refractivity contribution in [3.8, 4) is 0 Å². The number of fused-ring (bicyclic) bond motifs is 2. The van der Waals surface area contributed by atoms with Gasteiger partial charge in [0.1, 0.15) is 0 Å². The molecule has 0 spiro atoms. The lowest BCUT2D eigenvalue weighted by Crippen LogP contribution is -2.60. The van der Waals surface area contributed by atoms with Gasteiger partial charge in [-0.2, -0.15) is 0 Å². The zero-order chi connectivity index (χ0) is 15.2. The number of morpholine rings is 1. The van der Waals surface area contributed by atoms with E-state index in [9.17, 15) is 18.3 Å². The molecule has 2 bridgehead atoms. The molecule has 2 saturated heterocycles. The number of nitrogens with zero attached hydrogens (tertiary/aromatic N) is 1. The van der Waals surface area contributed by atoms with Crippen LogP contribution in [0, 0.1) is 17.5 Å². The van der Waals surface area contributed by atoms with E-state index >= 15 is 0 Å². The van der Waals surface area contributed by atoms with Crippen LogP contribution in [0.4, 0.5) is 13.2 Å². The van der Waals surface area contributed by atoms with Crippen LogP contribution < -0.4 is 0 Å². The second-order valence-corrected chi connectivity index (χ2v) is 6.19. The molecule has 2 aliphatic heterocycles. The third-order valence-electron chi connectivity index (χ3n) is 4.58. The van der Waals surface area contributed by atoms with E-state index in [4.69, 9.17) is 4.74 Å². The fourth-order valence-electron chi connectivity index (χ4n) is 3.47. The molecule has 2 heterocycles. The standard InChI is InChI=1S/C15H18F3NO2/c1-19-10-5-15(20,6-11(19)8-21-7-10)4-9-2-12(16)14(18)13(17)3-9/h2-3,10-11,20H,4-8H2,1H3. The largest absolute Gasteiger partial charge is 0.389 e. The fraction of sp³-hybridized carbons (Fsp3) is 0.600. The van der Waals surface area contributed by atoms with Crippen LogP contribution in [0.25, 0.3) is 0 Å². The van der Waals surface area contributed by atoms with Crippen LogP contribution in [-0.2, 0) is 11.2 Å². The molecule has 0 amide bonds. The molecule has 1 aromatic rings. The van der Waals surface area contributed by atoms with Gasteiger partial charge in [-0.1, -0.05) is 0 Å². The van der Waals surface area contributed by atoms with Crippen molar-refractivity contribution in [2.24, 2.45) is 0 Å². The topological polar surface area (TPSA) is 32.7 Å². The third kappa shape index (κ3) is 2.80. The molecule has 2 atom stereocenters. The van der Waals surface area contributed by atoms with Gasteiger partial charge in [-0.05, 0) is 37.6 Å². The minimum Gasteiger partial charge on any atom is -0.389 e. The number of aliphatic hydroxyl groups is 1. The molecule has 1 aromatic carbocycles. The molecule has 6 heteroatoms. The highest BCUT2D eigenvalue weighted by Crippen LogP contribution is 2.35. The van der Waals surface area contributed by atoms with E-state index in [0.717, 1.165) is 12.1 Å². The molecule has 0 aromatic heterocycles. The molecule has 21 heavy (non-hydrogen) atoms. The van der Waals surface area contributed by atoms with Crippen molar-refractivity contribution in [1.82, 2.24) is 4.90 Å². The van der Waals surface area contributed by atoms with Gasteiger partial charge in [0.15, 0.2) is 17.5 Å². The Labute approximate surface area is 121 Å². The first-order chi connectivity index (χ1) is 9.88. The Balaban J connectivity index is 1.81. The molecule has 116 valence electrons. The van der Waals surface area contributed by atoms with Crippen LogP contribution in [0.1, 0.15) is 18.4 Å². The molecule has 2 fully saturated rings. The Hall–Kier alpha value is -1.11. The normalized spacial score (nSPS) is 33.2. The molecular weight excluding hydrogens is 283 g/mol. The number of halogens is 3. The van der Waals surface area contributed by atoms with Gasteiger partial charge in [0.2, 0.25) is 0 Å².